The maximum absolute atomic E-state index is 11.8. The highest BCUT2D eigenvalue weighted by molar-refractivity contribution is 7.07. The van der Waals surface area contributed by atoms with Crippen LogP contribution in [0.5, 0.6) is 0 Å². The number of aryl methyl sites for hydroxylation is 2. The van der Waals surface area contributed by atoms with Gasteiger partial charge in [-0.2, -0.15) is 0 Å². The first-order chi connectivity index (χ1) is 10.5. The predicted octanol–water partition coefficient (Wildman–Crippen LogP) is 3.03. The molecule has 2 aromatic rings. The van der Waals surface area contributed by atoms with Crippen LogP contribution in [0.4, 0.5) is 16.2 Å². The zero-order valence-corrected chi connectivity index (χ0v) is 13.1. The zero-order valence-electron chi connectivity index (χ0n) is 12.3. The monoisotopic (exact) mass is 320 g/mol. The summed E-state index contributed by atoms with van der Waals surface area (Å²) in [5, 5.41) is 18.2. The van der Waals surface area contributed by atoms with Crippen molar-refractivity contribution in [1.82, 2.24) is 10.3 Å². The Balaban J connectivity index is 1.96. The minimum absolute atomic E-state index is 0.0108. The molecule has 2 N–H and O–H groups in total. The van der Waals surface area contributed by atoms with E-state index in [0.717, 1.165) is 11.3 Å². The average molecular weight is 320 g/mol. The molecule has 0 fully saturated rings. The number of hydrogen-bond acceptors (Lipinski definition) is 5. The number of anilines is 1. The number of urea groups is 1. The van der Waals surface area contributed by atoms with Crippen LogP contribution in [-0.2, 0) is 6.42 Å². The van der Waals surface area contributed by atoms with Crippen molar-refractivity contribution in [2.75, 3.05) is 11.9 Å². The third-order valence-corrected chi connectivity index (χ3v) is 3.77. The number of carbonyl (C=O) groups is 1. The third kappa shape index (κ3) is 4.01. The lowest BCUT2D eigenvalue weighted by Crippen LogP contribution is -2.30. The molecule has 0 atom stereocenters. The van der Waals surface area contributed by atoms with Crippen LogP contribution in [0, 0.1) is 24.0 Å². The number of nitro groups is 1. The molecule has 22 heavy (non-hydrogen) atoms. The van der Waals surface area contributed by atoms with E-state index in [4.69, 9.17) is 0 Å². The first kappa shape index (κ1) is 15.9. The second-order valence-corrected chi connectivity index (χ2v) is 5.54. The van der Waals surface area contributed by atoms with E-state index in [0.29, 0.717) is 24.2 Å². The molecule has 0 radical (unpaired) electrons. The average Bonchev–Trinajstić information content (AvgIpc) is 2.94. The summed E-state index contributed by atoms with van der Waals surface area (Å²) in [6.45, 7) is 3.91. The van der Waals surface area contributed by atoms with Gasteiger partial charge in [-0.3, -0.25) is 10.1 Å². The number of nitrogens with one attached hydrogen (secondary N) is 2. The zero-order chi connectivity index (χ0) is 16.1. The van der Waals surface area contributed by atoms with E-state index < -0.39 is 11.0 Å². The SMILES string of the molecule is Cc1cc(C)c([N+](=O)[O-])cc1NC(=O)NCCc1cscn1. The van der Waals surface area contributed by atoms with Gasteiger partial charge < -0.3 is 10.6 Å². The first-order valence-corrected chi connectivity index (χ1v) is 7.59. The van der Waals surface area contributed by atoms with Crippen LogP contribution in [0.2, 0.25) is 0 Å². The van der Waals surface area contributed by atoms with Crippen molar-refractivity contribution in [3.63, 3.8) is 0 Å². The number of amides is 2. The number of nitrogens with zero attached hydrogens (tertiary/aromatic N) is 2. The van der Waals surface area contributed by atoms with Crippen molar-refractivity contribution in [3.05, 3.63) is 50.0 Å². The summed E-state index contributed by atoms with van der Waals surface area (Å²) in [6, 6.07) is 2.67. The normalized spacial score (nSPS) is 10.3. The second kappa shape index (κ2) is 6.99. The van der Waals surface area contributed by atoms with Crippen LogP contribution < -0.4 is 10.6 Å². The first-order valence-electron chi connectivity index (χ1n) is 6.65. The standard InChI is InChI=1S/C14H16N4O3S/c1-9-5-10(2)13(18(20)21)6-12(9)17-14(19)15-4-3-11-7-22-8-16-11/h5-8H,3-4H2,1-2H3,(H2,15,17,19). The lowest BCUT2D eigenvalue weighted by molar-refractivity contribution is -0.385. The molecule has 2 amide bonds. The van der Waals surface area contributed by atoms with Crippen LogP contribution in [0.15, 0.2) is 23.0 Å². The highest BCUT2D eigenvalue weighted by Crippen LogP contribution is 2.26. The fourth-order valence-electron chi connectivity index (χ4n) is 2.00. The van der Waals surface area contributed by atoms with E-state index in [1.165, 1.54) is 17.4 Å². The van der Waals surface area contributed by atoms with Gasteiger partial charge in [0.2, 0.25) is 0 Å². The Morgan fingerprint density at radius 1 is 1.36 bits per heavy atom. The van der Waals surface area contributed by atoms with Crippen molar-refractivity contribution in [2.24, 2.45) is 0 Å². The van der Waals surface area contributed by atoms with Crippen molar-refractivity contribution in [2.45, 2.75) is 20.3 Å². The van der Waals surface area contributed by atoms with Gasteiger partial charge in [-0.05, 0) is 25.5 Å². The van der Waals surface area contributed by atoms with Gasteiger partial charge in [-0.1, -0.05) is 0 Å². The Morgan fingerprint density at radius 2 is 2.14 bits per heavy atom. The minimum Gasteiger partial charge on any atom is -0.337 e. The summed E-state index contributed by atoms with van der Waals surface area (Å²) in [6.07, 6.45) is 0.643. The number of benzene rings is 1. The number of thiazole rings is 1. The smallest absolute Gasteiger partial charge is 0.319 e. The maximum atomic E-state index is 11.8. The highest BCUT2D eigenvalue weighted by Gasteiger charge is 2.14. The minimum atomic E-state index is -0.458. The number of aromatic nitrogens is 1. The summed E-state index contributed by atoms with van der Waals surface area (Å²) in [5.74, 6) is 0. The lowest BCUT2D eigenvalue weighted by atomic mass is 10.1. The fraction of sp³-hybridized carbons (Fsp3) is 0.286. The van der Waals surface area contributed by atoms with Crippen LogP contribution in [0.1, 0.15) is 16.8 Å². The molecule has 0 saturated carbocycles. The Labute approximate surface area is 131 Å². The molecule has 0 aliphatic rings. The van der Waals surface area contributed by atoms with Crippen molar-refractivity contribution in [1.29, 1.82) is 0 Å². The molecule has 0 spiro atoms. The van der Waals surface area contributed by atoms with Crippen LogP contribution in [0.25, 0.3) is 0 Å². The number of hydrogen-bond donors (Lipinski definition) is 2. The van der Waals surface area contributed by atoms with Gasteiger partial charge in [0.25, 0.3) is 5.69 Å². The Morgan fingerprint density at radius 3 is 2.77 bits per heavy atom. The molecule has 116 valence electrons. The Bertz CT molecular complexity index is 686. The molecular formula is C14H16N4O3S. The summed E-state index contributed by atoms with van der Waals surface area (Å²) >= 11 is 1.51. The van der Waals surface area contributed by atoms with Gasteiger partial charge in [-0.25, -0.2) is 9.78 Å². The molecule has 2 rings (SSSR count). The number of rotatable bonds is 5. The van der Waals surface area contributed by atoms with Gasteiger partial charge >= 0.3 is 6.03 Å². The third-order valence-electron chi connectivity index (χ3n) is 3.14. The summed E-state index contributed by atoms with van der Waals surface area (Å²) < 4.78 is 0. The molecule has 0 bridgehead atoms. The van der Waals surface area contributed by atoms with Crippen LogP contribution in [0.3, 0.4) is 0 Å². The Kier molecular flexibility index (Phi) is 5.05. The molecule has 1 aromatic heterocycles. The van der Waals surface area contributed by atoms with Crippen molar-refractivity contribution < 1.29 is 9.72 Å². The molecular weight excluding hydrogens is 304 g/mol. The van der Waals surface area contributed by atoms with E-state index >= 15 is 0 Å². The Hall–Kier alpha value is -2.48. The lowest BCUT2D eigenvalue weighted by Gasteiger charge is -2.10. The van der Waals surface area contributed by atoms with E-state index in [9.17, 15) is 14.9 Å². The largest absolute Gasteiger partial charge is 0.337 e. The summed E-state index contributed by atoms with van der Waals surface area (Å²) in [4.78, 5) is 26.5. The number of carbonyl (C=O) groups excluding carboxylic acids is 1. The van der Waals surface area contributed by atoms with E-state index in [1.54, 1.807) is 25.4 Å². The second-order valence-electron chi connectivity index (χ2n) is 4.82. The van der Waals surface area contributed by atoms with Crippen molar-refractivity contribution in [3.8, 4) is 0 Å². The molecule has 7 nitrogen and oxygen atoms in total. The van der Waals surface area contributed by atoms with E-state index in [-0.39, 0.29) is 5.69 Å². The maximum Gasteiger partial charge on any atom is 0.319 e. The molecule has 0 aliphatic carbocycles. The van der Waals surface area contributed by atoms with Gasteiger partial charge in [0.1, 0.15) is 0 Å². The van der Waals surface area contributed by atoms with E-state index in [2.05, 4.69) is 15.6 Å². The van der Waals surface area contributed by atoms with E-state index in [1.807, 2.05) is 5.38 Å². The molecule has 0 aliphatic heterocycles. The highest BCUT2D eigenvalue weighted by atomic mass is 32.1. The van der Waals surface area contributed by atoms with Gasteiger partial charge in [-0.15, -0.1) is 11.3 Å². The van der Waals surface area contributed by atoms with Gasteiger partial charge in [0, 0.05) is 30.0 Å². The van der Waals surface area contributed by atoms with Crippen LogP contribution >= 0.6 is 11.3 Å². The van der Waals surface area contributed by atoms with Gasteiger partial charge in [0.15, 0.2) is 0 Å². The summed E-state index contributed by atoms with van der Waals surface area (Å²) in [7, 11) is 0. The molecule has 0 saturated heterocycles. The van der Waals surface area contributed by atoms with Gasteiger partial charge in [0.05, 0.1) is 21.8 Å². The predicted molar refractivity (Wildman–Crippen MR) is 85.4 cm³/mol. The topological polar surface area (TPSA) is 97.2 Å². The van der Waals surface area contributed by atoms with Crippen molar-refractivity contribution >= 4 is 28.7 Å². The molecule has 8 heteroatoms. The quantitative estimate of drug-likeness (QED) is 0.653. The molecule has 1 heterocycles. The molecule has 1 aromatic carbocycles. The fourth-order valence-corrected chi connectivity index (χ4v) is 2.60. The van der Waals surface area contributed by atoms with Crippen LogP contribution in [-0.4, -0.2) is 22.5 Å². The summed E-state index contributed by atoms with van der Waals surface area (Å²) in [5.41, 5.74) is 4.43. The molecule has 0 unspecified atom stereocenters. The number of nitro benzene ring substituents is 1.